The van der Waals surface area contributed by atoms with Crippen LogP contribution in [-0.2, 0) is 13.1 Å². The van der Waals surface area contributed by atoms with Gasteiger partial charge in [-0.25, -0.2) is 4.68 Å². The molecular weight excluding hydrogens is 226 g/mol. The quantitative estimate of drug-likeness (QED) is 0.840. The van der Waals surface area contributed by atoms with Crippen LogP contribution in [0.25, 0.3) is 0 Å². The van der Waals surface area contributed by atoms with E-state index < -0.39 is 0 Å². The Morgan fingerprint density at radius 3 is 2.78 bits per heavy atom. The summed E-state index contributed by atoms with van der Waals surface area (Å²) in [7, 11) is 0. The van der Waals surface area contributed by atoms with E-state index in [9.17, 15) is 0 Å². The van der Waals surface area contributed by atoms with Gasteiger partial charge in [-0.3, -0.25) is 0 Å². The van der Waals surface area contributed by atoms with E-state index >= 15 is 0 Å². The summed E-state index contributed by atoms with van der Waals surface area (Å²) in [6.45, 7) is 7.15. The summed E-state index contributed by atoms with van der Waals surface area (Å²) in [5.41, 5.74) is 0. The zero-order chi connectivity index (χ0) is 12.8. The largest absolute Gasteiger partial charge is 0.310 e. The molecule has 1 N–H and O–H groups in total. The number of hydrogen-bond donors (Lipinski definition) is 1. The van der Waals surface area contributed by atoms with Crippen molar-refractivity contribution in [2.75, 3.05) is 6.54 Å². The van der Waals surface area contributed by atoms with Gasteiger partial charge in [-0.05, 0) is 35.2 Å². The lowest BCUT2D eigenvalue weighted by atomic mass is 9.81. The van der Waals surface area contributed by atoms with Crippen molar-refractivity contribution < 1.29 is 0 Å². The Hall–Kier alpha value is -0.970. The van der Waals surface area contributed by atoms with E-state index in [-0.39, 0.29) is 0 Å². The van der Waals surface area contributed by atoms with Crippen LogP contribution in [0, 0.1) is 11.8 Å². The van der Waals surface area contributed by atoms with Gasteiger partial charge in [-0.15, -0.1) is 5.10 Å². The van der Waals surface area contributed by atoms with Crippen LogP contribution in [0.1, 0.15) is 51.8 Å². The van der Waals surface area contributed by atoms with Crippen LogP contribution in [0.4, 0.5) is 0 Å². The molecule has 0 atom stereocenters. The molecule has 1 aromatic rings. The van der Waals surface area contributed by atoms with E-state index in [0.717, 1.165) is 37.3 Å². The van der Waals surface area contributed by atoms with Gasteiger partial charge in [0.05, 0.1) is 6.54 Å². The molecule has 0 amide bonds. The van der Waals surface area contributed by atoms with Crippen molar-refractivity contribution >= 4 is 0 Å². The third-order valence-corrected chi connectivity index (χ3v) is 4.02. The Balaban J connectivity index is 1.77. The van der Waals surface area contributed by atoms with Crippen molar-refractivity contribution in [2.24, 2.45) is 11.8 Å². The van der Waals surface area contributed by atoms with Gasteiger partial charge in [0.15, 0.2) is 5.82 Å². The molecule has 0 radical (unpaired) electrons. The number of hydrogen-bond acceptors (Lipinski definition) is 4. The number of aromatic nitrogens is 4. The fourth-order valence-corrected chi connectivity index (χ4v) is 2.68. The average Bonchev–Trinajstić information content (AvgIpc) is 2.83. The van der Waals surface area contributed by atoms with Crippen molar-refractivity contribution in [3.8, 4) is 0 Å². The number of nitrogens with zero attached hydrogens (tertiary/aromatic N) is 4. The Kier molecular flexibility index (Phi) is 5.11. The van der Waals surface area contributed by atoms with Gasteiger partial charge < -0.3 is 5.32 Å². The Bertz CT molecular complexity index is 341. The van der Waals surface area contributed by atoms with Crippen LogP contribution >= 0.6 is 0 Å². The summed E-state index contributed by atoms with van der Waals surface area (Å²) in [5.74, 6) is 2.76. The molecule has 0 aromatic carbocycles. The Morgan fingerprint density at radius 2 is 2.06 bits per heavy atom. The van der Waals surface area contributed by atoms with Crippen molar-refractivity contribution in [3.05, 3.63) is 5.82 Å². The minimum Gasteiger partial charge on any atom is -0.310 e. The third-order valence-electron chi connectivity index (χ3n) is 4.02. The van der Waals surface area contributed by atoms with Gasteiger partial charge in [0, 0.05) is 6.54 Å². The lowest BCUT2D eigenvalue weighted by molar-refractivity contribution is 0.264. The molecule has 0 spiro atoms. The highest BCUT2D eigenvalue weighted by molar-refractivity contribution is 4.80. The highest BCUT2D eigenvalue weighted by atomic mass is 15.5. The highest BCUT2D eigenvalue weighted by Gasteiger charge is 2.18. The van der Waals surface area contributed by atoms with E-state index in [1.165, 1.54) is 32.1 Å². The maximum absolute atomic E-state index is 4.08. The van der Waals surface area contributed by atoms with E-state index in [2.05, 4.69) is 34.7 Å². The molecule has 0 bridgehead atoms. The van der Waals surface area contributed by atoms with Crippen molar-refractivity contribution in [1.29, 1.82) is 0 Å². The predicted octanol–water partition coefficient (Wildman–Crippen LogP) is 2.00. The Labute approximate surface area is 109 Å². The van der Waals surface area contributed by atoms with Gasteiger partial charge in [0.25, 0.3) is 0 Å². The van der Waals surface area contributed by atoms with Crippen LogP contribution in [0.5, 0.6) is 0 Å². The maximum atomic E-state index is 4.08. The fraction of sp³-hybridized carbons (Fsp3) is 0.923. The van der Waals surface area contributed by atoms with Crippen molar-refractivity contribution in [2.45, 2.75) is 59.0 Å². The topological polar surface area (TPSA) is 55.6 Å². The standard InChI is InChI=1S/C13H25N5/c1-3-14-10-13-15-16-17-18(13)9-8-12-6-4-11(2)5-7-12/h11-12,14H,3-10H2,1-2H3. The summed E-state index contributed by atoms with van der Waals surface area (Å²) in [6, 6.07) is 0. The first-order valence-electron chi connectivity index (χ1n) is 7.25. The zero-order valence-electron chi connectivity index (χ0n) is 11.6. The minimum atomic E-state index is 0.769. The Morgan fingerprint density at radius 1 is 1.28 bits per heavy atom. The van der Waals surface area contributed by atoms with Gasteiger partial charge in [0.1, 0.15) is 0 Å². The number of aryl methyl sites for hydroxylation is 1. The molecule has 1 aliphatic rings. The lowest BCUT2D eigenvalue weighted by Crippen LogP contribution is -2.19. The second-order valence-corrected chi connectivity index (χ2v) is 5.51. The van der Waals surface area contributed by atoms with Gasteiger partial charge >= 0.3 is 0 Å². The molecule has 102 valence electrons. The molecule has 0 saturated heterocycles. The first-order valence-corrected chi connectivity index (χ1v) is 7.25. The van der Waals surface area contributed by atoms with Crippen LogP contribution in [0.15, 0.2) is 0 Å². The summed E-state index contributed by atoms with van der Waals surface area (Å²) < 4.78 is 1.96. The number of rotatable bonds is 6. The zero-order valence-corrected chi connectivity index (χ0v) is 11.6. The van der Waals surface area contributed by atoms with E-state index in [0.29, 0.717) is 0 Å². The molecule has 0 unspecified atom stereocenters. The SMILES string of the molecule is CCNCc1nnnn1CCC1CCC(C)CC1. The van der Waals surface area contributed by atoms with Gasteiger partial charge in [-0.2, -0.15) is 0 Å². The normalized spacial score (nSPS) is 24.3. The van der Waals surface area contributed by atoms with Crippen LogP contribution in [0.3, 0.4) is 0 Å². The second kappa shape index (κ2) is 6.83. The van der Waals surface area contributed by atoms with Crippen molar-refractivity contribution in [3.63, 3.8) is 0 Å². The molecule has 5 heteroatoms. The van der Waals surface area contributed by atoms with Gasteiger partial charge in [0.2, 0.25) is 0 Å². The molecular formula is C13H25N5. The third kappa shape index (κ3) is 3.77. The summed E-state index contributed by atoms with van der Waals surface area (Å²) in [5, 5.41) is 15.2. The lowest BCUT2D eigenvalue weighted by Gasteiger charge is -2.25. The second-order valence-electron chi connectivity index (χ2n) is 5.51. The molecule has 1 saturated carbocycles. The van der Waals surface area contributed by atoms with Crippen molar-refractivity contribution in [1.82, 2.24) is 25.5 Å². The van der Waals surface area contributed by atoms with E-state index in [4.69, 9.17) is 0 Å². The minimum absolute atomic E-state index is 0.769. The maximum Gasteiger partial charge on any atom is 0.165 e. The molecule has 1 aliphatic carbocycles. The molecule has 0 aliphatic heterocycles. The number of tetrazole rings is 1. The first-order chi connectivity index (χ1) is 8.79. The molecule has 1 aromatic heterocycles. The fourth-order valence-electron chi connectivity index (χ4n) is 2.68. The summed E-state index contributed by atoms with van der Waals surface area (Å²) in [6.07, 6.45) is 6.77. The molecule has 1 fully saturated rings. The molecule has 1 heterocycles. The smallest absolute Gasteiger partial charge is 0.165 e. The van der Waals surface area contributed by atoms with Crippen LogP contribution in [0.2, 0.25) is 0 Å². The van der Waals surface area contributed by atoms with Crippen LogP contribution in [-0.4, -0.2) is 26.8 Å². The van der Waals surface area contributed by atoms with Gasteiger partial charge in [-0.1, -0.05) is 39.5 Å². The highest BCUT2D eigenvalue weighted by Crippen LogP contribution is 2.30. The van der Waals surface area contributed by atoms with E-state index in [1.54, 1.807) is 0 Å². The summed E-state index contributed by atoms with van der Waals surface area (Å²) in [4.78, 5) is 0. The molecule has 2 rings (SSSR count). The summed E-state index contributed by atoms with van der Waals surface area (Å²) >= 11 is 0. The predicted molar refractivity (Wildman–Crippen MR) is 70.9 cm³/mol. The first kappa shape index (κ1) is 13.5. The van der Waals surface area contributed by atoms with Crippen LogP contribution < -0.4 is 5.32 Å². The number of nitrogens with one attached hydrogen (secondary N) is 1. The molecule has 5 nitrogen and oxygen atoms in total. The monoisotopic (exact) mass is 251 g/mol. The average molecular weight is 251 g/mol. The van der Waals surface area contributed by atoms with E-state index in [1.807, 2.05) is 4.68 Å². The molecule has 18 heavy (non-hydrogen) atoms.